The standard InChI is InChI=1S/C37H23N4O.Pt/c42-34-17-6-4-14-29(34)33-16-8-18-35(41-33)37(27-12-7-11-26(19-27)36-39-22-38-23-40-36)31-15-5-3-13-28(31)30-20-24-9-1-2-10-25(24)21-32(30)37;/h1-18,20-23,42H;/q-1;. The minimum absolute atomic E-state index is 0. The summed E-state index contributed by atoms with van der Waals surface area (Å²) in [6.45, 7) is 0. The van der Waals surface area contributed by atoms with Crippen LogP contribution in [0.3, 0.4) is 0 Å². The van der Waals surface area contributed by atoms with E-state index < -0.39 is 5.41 Å². The zero-order valence-electron chi connectivity index (χ0n) is 22.8. The third-order valence-corrected chi connectivity index (χ3v) is 8.16. The molecule has 1 aliphatic carbocycles. The number of aromatic nitrogens is 4. The molecule has 0 spiro atoms. The fourth-order valence-corrected chi connectivity index (χ4v) is 6.35. The van der Waals surface area contributed by atoms with Gasteiger partial charge < -0.3 is 5.11 Å². The van der Waals surface area contributed by atoms with Gasteiger partial charge in [-0.1, -0.05) is 66.7 Å². The van der Waals surface area contributed by atoms with Crippen LogP contribution in [0, 0.1) is 6.07 Å². The molecule has 0 bridgehead atoms. The van der Waals surface area contributed by atoms with Gasteiger partial charge in [0.2, 0.25) is 0 Å². The van der Waals surface area contributed by atoms with Gasteiger partial charge in [-0.2, -0.15) is 0 Å². The van der Waals surface area contributed by atoms with E-state index in [4.69, 9.17) is 4.98 Å². The number of aromatic hydroxyl groups is 1. The number of rotatable bonds is 4. The Morgan fingerprint density at radius 1 is 0.605 bits per heavy atom. The fourth-order valence-electron chi connectivity index (χ4n) is 6.35. The molecule has 1 aliphatic rings. The van der Waals surface area contributed by atoms with Gasteiger partial charge in [0.15, 0.2) is 0 Å². The summed E-state index contributed by atoms with van der Waals surface area (Å²) >= 11 is 0. The van der Waals surface area contributed by atoms with Crippen molar-refractivity contribution in [3.63, 3.8) is 0 Å². The quantitative estimate of drug-likeness (QED) is 0.189. The summed E-state index contributed by atoms with van der Waals surface area (Å²) in [4.78, 5) is 18.1. The molecule has 2 heterocycles. The number of para-hydroxylation sites is 1. The van der Waals surface area contributed by atoms with Crippen molar-refractivity contribution in [3.8, 4) is 39.5 Å². The zero-order chi connectivity index (χ0) is 28.1. The third-order valence-electron chi connectivity index (χ3n) is 8.16. The first kappa shape index (κ1) is 26.9. The Bertz CT molecular complexity index is 2130. The number of phenolic OH excluding ortho intramolecular Hbond substituents is 1. The van der Waals surface area contributed by atoms with Crippen LogP contribution < -0.4 is 0 Å². The second kappa shape index (κ2) is 10.7. The topological polar surface area (TPSA) is 71.8 Å². The molecule has 6 heteroatoms. The van der Waals surface area contributed by atoms with Crippen molar-refractivity contribution in [2.75, 3.05) is 0 Å². The molecule has 0 radical (unpaired) electrons. The molecule has 5 nitrogen and oxygen atoms in total. The maximum Gasteiger partial charge on any atom is 0.124 e. The van der Waals surface area contributed by atoms with Gasteiger partial charge in [0.05, 0.1) is 22.6 Å². The number of nitrogens with zero attached hydrogens (tertiary/aromatic N) is 4. The molecule has 1 unspecified atom stereocenters. The van der Waals surface area contributed by atoms with Gasteiger partial charge in [-0.15, -0.1) is 35.4 Å². The second-order valence-electron chi connectivity index (χ2n) is 10.4. The summed E-state index contributed by atoms with van der Waals surface area (Å²) in [6.07, 6.45) is 3.00. The molecule has 0 saturated carbocycles. The normalized spacial score (nSPS) is 15.0. The van der Waals surface area contributed by atoms with Gasteiger partial charge in [0, 0.05) is 26.6 Å². The second-order valence-corrected chi connectivity index (χ2v) is 10.4. The number of phenols is 1. The summed E-state index contributed by atoms with van der Waals surface area (Å²) in [7, 11) is 0. The van der Waals surface area contributed by atoms with Crippen LogP contribution in [-0.2, 0) is 26.5 Å². The first-order valence-electron chi connectivity index (χ1n) is 13.8. The summed E-state index contributed by atoms with van der Waals surface area (Å²) in [5, 5.41) is 13.1. The summed E-state index contributed by atoms with van der Waals surface area (Å²) in [5.74, 6) is 0.751. The third kappa shape index (κ3) is 4.19. The van der Waals surface area contributed by atoms with Crippen LogP contribution in [0.2, 0.25) is 0 Å². The van der Waals surface area contributed by atoms with Crippen molar-refractivity contribution >= 4 is 10.8 Å². The molecule has 43 heavy (non-hydrogen) atoms. The predicted octanol–water partition coefficient (Wildman–Crippen LogP) is 7.62. The molecule has 7 aromatic rings. The van der Waals surface area contributed by atoms with Crippen molar-refractivity contribution in [1.29, 1.82) is 0 Å². The molecule has 8 rings (SSSR count). The van der Waals surface area contributed by atoms with E-state index in [9.17, 15) is 5.11 Å². The van der Waals surface area contributed by atoms with E-state index in [-0.39, 0.29) is 26.8 Å². The molecule has 208 valence electrons. The van der Waals surface area contributed by atoms with Gasteiger partial charge in [0.1, 0.15) is 18.4 Å². The molecular weight excluding hydrogens is 712 g/mol. The van der Waals surface area contributed by atoms with E-state index >= 15 is 0 Å². The Morgan fingerprint density at radius 3 is 2.12 bits per heavy atom. The SMILES string of the molecule is Oc1ccccc1-c1cccc(C2(c3[c-]c(-c4ncncn4)ccc3)c3ccccc3-c3cc4ccccc4cc32)n1.[Pt]. The average molecular weight is 735 g/mol. The Labute approximate surface area is 263 Å². The number of fused-ring (bicyclic) bond motifs is 4. The minimum Gasteiger partial charge on any atom is -0.507 e. The Kier molecular flexibility index (Phi) is 6.68. The van der Waals surface area contributed by atoms with Gasteiger partial charge >= 0.3 is 0 Å². The first-order chi connectivity index (χ1) is 20.7. The van der Waals surface area contributed by atoms with Gasteiger partial charge in [0.25, 0.3) is 0 Å². The largest absolute Gasteiger partial charge is 0.507 e. The number of pyridine rings is 1. The predicted molar refractivity (Wildman–Crippen MR) is 164 cm³/mol. The van der Waals surface area contributed by atoms with Crippen molar-refractivity contribution in [3.05, 3.63) is 162 Å². The molecule has 0 fully saturated rings. The Balaban J connectivity index is 0.00000300. The molecular formula is C37H23N4OPt-. The molecule has 1 atom stereocenters. The van der Waals surface area contributed by atoms with Crippen molar-refractivity contribution in [1.82, 2.24) is 19.9 Å². The van der Waals surface area contributed by atoms with Gasteiger partial charge in [-0.3, -0.25) is 15.0 Å². The number of benzene rings is 5. The van der Waals surface area contributed by atoms with Crippen molar-refractivity contribution < 1.29 is 26.2 Å². The maximum absolute atomic E-state index is 10.7. The van der Waals surface area contributed by atoms with Gasteiger partial charge in [-0.25, -0.2) is 4.98 Å². The van der Waals surface area contributed by atoms with Crippen LogP contribution in [0.15, 0.2) is 134 Å². The molecule has 0 saturated heterocycles. The van der Waals surface area contributed by atoms with E-state index in [1.54, 1.807) is 6.07 Å². The van der Waals surface area contributed by atoms with Crippen LogP contribution in [0.5, 0.6) is 5.75 Å². The molecule has 0 aliphatic heterocycles. The zero-order valence-corrected chi connectivity index (χ0v) is 25.0. The fraction of sp³-hybridized carbons (Fsp3) is 0.0270. The van der Waals surface area contributed by atoms with Crippen LogP contribution in [0.4, 0.5) is 0 Å². The van der Waals surface area contributed by atoms with Crippen LogP contribution >= 0.6 is 0 Å². The number of hydrogen-bond acceptors (Lipinski definition) is 5. The monoisotopic (exact) mass is 734 g/mol. The summed E-state index contributed by atoms with van der Waals surface area (Å²) < 4.78 is 0. The minimum atomic E-state index is -0.792. The average Bonchev–Trinajstić information content (AvgIpc) is 3.34. The molecule has 1 N–H and O–H groups in total. The van der Waals surface area contributed by atoms with E-state index in [1.165, 1.54) is 18.0 Å². The number of hydrogen-bond donors (Lipinski definition) is 1. The molecule has 5 aromatic carbocycles. The van der Waals surface area contributed by atoms with Gasteiger partial charge in [-0.05, 0) is 69.4 Å². The van der Waals surface area contributed by atoms with Crippen LogP contribution in [-0.4, -0.2) is 25.0 Å². The summed E-state index contributed by atoms with van der Waals surface area (Å²) in [5.41, 5.74) is 7.72. The van der Waals surface area contributed by atoms with E-state index in [2.05, 4.69) is 93.8 Å². The van der Waals surface area contributed by atoms with E-state index in [0.717, 1.165) is 44.5 Å². The molecule has 2 aromatic heterocycles. The Morgan fingerprint density at radius 2 is 1.30 bits per heavy atom. The van der Waals surface area contributed by atoms with E-state index in [0.29, 0.717) is 17.1 Å². The Hall–Kier alpha value is -4.99. The molecule has 0 amide bonds. The van der Waals surface area contributed by atoms with Crippen molar-refractivity contribution in [2.45, 2.75) is 5.41 Å². The summed E-state index contributed by atoms with van der Waals surface area (Å²) in [6, 6.07) is 44.8. The first-order valence-corrected chi connectivity index (χ1v) is 13.8. The smallest absolute Gasteiger partial charge is 0.124 e. The van der Waals surface area contributed by atoms with Crippen LogP contribution in [0.25, 0.3) is 44.5 Å². The van der Waals surface area contributed by atoms with E-state index in [1.807, 2.05) is 42.5 Å². The maximum atomic E-state index is 10.7. The van der Waals surface area contributed by atoms with Crippen molar-refractivity contribution in [2.24, 2.45) is 0 Å². The van der Waals surface area contributed by atoms with Crippen LogP contribution in [0.1, 0.15) is 22.4 Å².